The molecular weight excluding hydrogens is 144 g/mol. The van der Waals surface area contributed by atoms with Crippen LogP contribution in [-0.4, -0.2) is 23.2 Å². The molecule has 0 saturated heterocycles. The van der Waals surface area contributed by atoms with Crippen LogP contribution in [0.4, 0.5) is 0 Å². The molecule has 0 amide bonds. The van der Waals surface area contributed by atoms with Crippen LogP contribution in [0.3, 0.4) is 0 Å². The molecule has 0 fully saturated rings. The Balaban J connectivity index is 2.32. The number of aliphatic hydroxyl groups is 1. The Hall–Kier alpha value is -0.870. The average Bonchev–Trinajstić information content (AvgIpc) is 2.37. The van der Waals surface area contributed by atoms with Crippen molar-refractivity contribution in [1.82, 2.24) is 10.3 Å². The fraction of sp³-hybridized carbons (Fsp3) is 0.571. The highest BCUT2D eigenvalue weighted by atomic mass is 16.3. The molecule has 0 atom stereocenters. The summed E-state index contributed by atoms with van der Waals surface area (Å²) in [7, 11) is 0. The maximum Gasteiger partial charge on any atom is 0.181 e. The van der Waals surface area contributed by atoms with E-state index < -0.39 is 0 Å². The normalized spacial score (nSPS) is 10.4. The lowest BCUT2D eigenvalue weighted by Gasteiger charge is -1.98. The van der Waals surface area contributed by atoms with Crippen molar-refractivity contribution >= 4 is 0 Å². The Morgan fingerprint density at radius 3 is 3.09 bits per heavy atom. The standard InChI is InChI=1S/C7H12N2O2/c1-6-7(11-5-9-6)4-8-2-3-10/h5,8,10H,2-4H2,1H3. The third-order valence-corrected chi connectivity index (χ3v) is 1.42. The van der Waals surface area contributed by atoms with Gasteiger partial charge in [-0.3, -0.25) is 0 Å². The summed E-state index contributed by atoms with van der Waals surface area (Å²) in [5.41, 5.74) is 0.899. The van der Waals surface area contributed by atoms with Crippen LogP contribution in [0, 0.1) is 6.92 Å². The third kappa shape index (κ3) is 2.32. The van der Waals surface area contributed by atoms with E-state index in [1.165, 1.54) is 6.39 Å². The van der Waals surface area contributed by atoms with E-state index in [0.717, 1.165) is 11.5 Å². The summed E-state index contributed by atoms with van der Waals surface area (Å²) in [6, 6.07) is 0. The molecule has 1 aromatic rings. The average molecular weight is 156 g/mol. The summed E-state index contributed by atoms with van der Waals surface area (Å²) in [5, 5.41) is 11.4. The van der Waals surface area contributed by atoms with E-state index >= 15 is 0 Å². The van der Waals surface area contributed by atoms with Crippen molar-refractivity contribution in [3.63, 3.8) is 0 Å². The summed E-state index contributed by atoms with van der Waals surface area (Å²) in [4.78, 5) is 3.93. The van der Waals surface area contributed by atoms with E-state index in [1.807, 2.05) is 6.92 Å². The first kappa shape index (κ1) is 8.23. The molecule has 0 aliphatic rings. The predicted molar refractivity (Wildman–Crippen MR) is 40.0 cm³/mol. The van der Waals surface area contributed by atoms with E-state index in [4.69, 9.17) is 9.52 Å². The fourth-order valence-electron chi connectivity index (χ4n) is 0.777. The summed E-state index contributed by atoms with van der Waals surface area (Å²) in [5.74, 6) is 0.832. The summed E-state index contributed by atoms with van der Waals surface area (Å²) in [6.45, 7) is 3.25. The van der Waals surface area contributed by atoms with E-state index in [2.05, 4.69) is 10.3 Å². The molecule has 62 valence electrons. The zero-order chi connectivity index (χ0) is 8.10. The van der Waals surface area contributed by atoms with Crippen LogP contribution in [0.2, 0.25) is 0 Å². The lowest BCUT2D eigenvalue weighted by atomic mass is 10.4. The molecule has 0 radical (unpaired) electrons. The van der Waals surface area contributed by atoms with Crippen molar-refractivity contribution < 1.29 is 9.52 Å². The minimum absolute atomic E-state index is 0.146. The quantitative estimate of drug-likeness (QED) is 0.605. The fourth-order valence-corrected chi connectivity index (χ4v) is 0.777. The second-order valence-electron chi connectivity index (χ2n) is 2.26. The SMILES string of the molecule is Cc1ncoc1CNCCO. The maximum atomic E-state index is 8.46. The minimum Gasteiger partial charge on any atom is -0.447 e. The molecule has 0 bridgehead atoms. The molecule has 0 spiro atoms. The number of aliphatic hydroxyl groups excluding tert-OH is 1. The monoisotopic (exact) mass is 156 g/mol. The number of oxazole rings is 1. The largest absolute Gasteiger partial charge is 0.447 e. The lowest BCUT2D eigenvalue weighted by molar-refractivity contribution is 0.289. The van der Waals surface area contributed by atoms with Gasteiger partial charge in [0.2, 0.25) is 0 Å². The number of rotatable bonds is 4. The van der Waals surface area contributed by atoms with Gasteiger partial charge < -0.3 is 14.8 Å². The summed E-state index contributed by atoms with van der Waals surface area (Å²) < 4.78 is 5.06. The zero-order valence-corrected chi connectivity index (χ0v) is 6.50. The van der Waals surface area contributed by atoms with Gasteiger partial charge in [-0.15, -0.1) is 0 Å². The van der Waals surface area contributed by atoms with Gasteiger partial charge in [0.05, 0.1) is 18.8 Å². The van der Waals surface area contributed by atoms with Crippen molar-refractivity contribution in [2.45, 2.75) is 13.5 Å². The van der Waals surface area contributed by atoms with Gasteiger partial charge in [-0.2, -0.15) is 0 Å². The van der Waals surface area contributed by atoms with Gasteiger partial charge >= 0.3 is 0 Å². The molecule has 11 heavy (non-hydrogen) atoms. The molecule has 0 aliphatic heterocycles. The van der Waals surface area contributed by atoms with Crippen LogP contribution >= 0.6 is 0 Å². The second-order valence-corrected chi connectivity index (χ2v) is 2.26. The van der Waals surface area contributed by atoms with Crippen molar-refractivity contribution in [3.05, 3.63) is 17.8 Å². The Bertz CT molecular complexity index is 210. The number of aromatic nitrogens is 1. The van der Waals surface area contributed by atoms with E-state index in [-0.39, 0.29) is 6.61 Å². The van der Waals surface area contributed by atoms with Crippen molar-refractivity contribution in [3.8, 4) is 0 Å². The van der Waals surface area contributed by atoms with Gasteiger partial charge in [0.25, 0.3) is 0 Å². The number of hydrogen-bond donors (Lipinski definition) is 2. The Kier molecular flexibility index (Phi) is 3.07. The molecule has 2 N–H and O–H groups in total. The van der Waals surface area contributed by atoms with Gasteiger partial charge in [-0.05, 0) is 6.92 Å². The summed E-state index contributed by atoms with van der Waals surface area (Å²) in [6.07, 6.45) is 1.42. The van der Waals surface area contributed by atoms with Crippen LogP contribution in [-0.2, 0) is 6.54 Å². The van der Waals surface area contributed by atoms with Gasteiger partial charge in [0.15, 0.2) is 6.39 Å². The number of hydrogen-bond acceptors (Lipinski definition) is 4. The maximum absolute atomic E-state index is 8.46. The second kappa shape index (κ2) is 4.10. The van der Waals surface area contributed by atoms with Crippen LogP contribution in [0.15, 0.2) is 10.8 Å². The number of aryl methyl sites for hydroxylation is 1. The Labute approximate surface area is 65.2 Å². The molecule has 0 aromatic carbocycles. The molecule has 0 aliphatic carbocycles. The van der Waals surface area contributed by atoms with Gasteiger partial charge in [0.1, 0.15) is 5.76 Å². The van der Waals surface area contributed by atoms with Crippen molar-refractivity contribution in [2.24, 2.45) is 0 Å². The van der Waals surface area contributed by atoms with Crippen LogP contribution in [0.25, 0.3) is 0 Å². The Morgan fingerprint density at radius 2 is 2.55 bits per heavy atom. The molecular formula is C7H12N2O2. The van der Waals surface area contributed by atoms with Gasteiger partial charge in [-0.1, -0.05) is 0 Å². The lowest BCUT2D eigenvalue weighted by Crippen LogP contribution is -2.17. The molecule has 1 aromatic heterocycles. The molecule has 0 saturated carbocycles. The minimum atomic E-state index is 0.146. The highest BCUT2D eigenvalue weighted by Gasteiger charge is 2.00. The highest BCUT2D eigenvalue weighted by molar-refractivity contribution is 5.03. The van der Waals surface area contributed by atoms with Gasteiger partial charge in [-0.25, -0.2) is 4.98 Å². The van der Waals surface area contributed by atoms with Crippen molar-refractivity contribution in [2.75, 3.05) is 13.2 Å². The first-order valence-corrected chi connectivity index (χ1v) is 3.55. The number of nitrogens with zero attached hydrogens (tertiary/aromatic N) is 1. The van der Waals surface area contributed by atoms with E-state index in [1.54, 1.807) is 0 Å². The smallest absolute Gasteiger partial charge is 0.181 e. The van der Waals surface area contributed by atoms with Crippen LogP contribution in [0.5, 0.6) is 0 Å². The highest BCUT2D eigenvalue weighted by Crippen LogP contribution is 2.02. The van der Waals surface area contributed by atoms with E-state index in [9.17, 15) is 0 Å². The topological polar surface area (TPSA) is 58.3 Å². The third-order valence-electron chi connectivity index (χ3n) is 1.42. The number of nitrogens with one attached hydrogen (secondary N) is 1. The molecule has 4 heteroatoms. The molecule has 0 unspecified atom stereocenters. The first-order chi connectivity index (χ1) is 5.34. The summed E-state index contributed by atoms with van der Waals surface area (Å²) >= 11 is 0. The predicted octanol–water partition coefficient (Wildman–Crippen LogP) is 0.0649. The Morgan fingerprint density at radius 1 is 1.73 bits per heavy atom. The van der Waals surface area contributed by atoms with Crippen LogP contribution in [0.1, 0.15) is 11.5 Å². The van der Waals surface area contributed by atoms with Gasteiger partial charge in [0, 0.05) is 6.54 Å². The molecule has 1 heterocycles. The zero-order valence-electron chi connectivity index (χ0n) is 6.50. The van der Waals surface area contributed by atoms with Crippen LogP contribution < -0.4 is 5.32 Å². The van der Waals surface area contributed by atoms with Crippen molar-refractivity contribution in [1.29, 1.82) is 0 Å². The molecule has 1 rings (SSSR count). The molecule has 4 nitrogen and oxygen atoms in total. The first-order valence-electron chi connectivity index (χ1n) is 3.55. The van der Waals surface area contributed by atoms with E-state index in [0.29, 0.717) is 13.1 Å².